The van der Waals surface area contributed by atoms with E-state index in [0.29, 0.717) is 6.04 Å². The van der Waals surface area contributed by atoms with Crippen molar-refractivity contribution < 1.29 is 0 Å². The van der Waals surface area contributed by atoms with E-state index in [9.17, 15) is 0 Å². The molecule has 1 aromatic heterocycles. The van der Waals surface area contributed by atoms with Crippen molar-refractivity contribution in [2.45, 2.75) is 19.5 Å². The maximum absolute atomic E-state index is 3.71. The summed E-state index contributed by atoms with van der Waals surface area (Å²) in [6.07, 6.45) is 1.90. The largest absolute Gasteiger partial charge is 0.306 e. The molecule has 0 radical (unpaired) electrons. The van der Waals surface area contributed by atoms with Gasteiger partial charge >= 0.3 is 0 Å². The summed E-state index contributed by atoms with van der Waals surface area (Å²) in [5, 5.41) is 5.42. The van der Waals surface area contributed by atoms with E-state index in [1.165, 1.54) is 9.35 Å². The van der Waals surface area contributed by atoms with Crippen LogP contribution in [0.1, 0.15) is 11.8 Å². The Morgan fingerprint density at radius 3 is 3.08 bits per heavy atom. The van der Waals surface area contributed by atoms with Gasteiger partial charge in [0.05, 0.1) is 0 Å². The second-order valence-electron chi connectivity index (χ2n) is 2.60. The van der Waals surface area contributed by atoms with Crippen molar-refractivity contribution >= 4 is 27.3 Å². The summed E-state index contributed by atoms with van der Waals surface area (Å²) < 4.78 is 1.19. The molecule has 0 bridgehead atoms. The summed E-state index contributed by atoms with van der Waals surface area (Å²) in [4.78, 5) is 1.34. The van der Waals surface area contributed by atoms with Crippen molar-refractivity contribution in [1.82, 2.24) is 5.32 Å². The van der Waals surface area contributed by atoms with Crippen molar-refractivity contribution in [3.8, 4) is 0 Å². The zero-order valence-corrected chi connectivity index (χ0v) is 9.41. The lowest BCUT2D eigenvalue weighted by Gasteiger charge is -2.07. The van der Waals surface area contributed by atoms with Gasteiger partial charge in [0.2, 0.25) is 0 Å². The van der Waals surface area contributed by atoms with Crippen molar-refractivity contribution in [2.24, 2.45) is 0 Å². The summed E-state index contributed by atoms with van der Waals surface area (Å²) in [5.74, 6) is 0. The Labute approximate surface area is 85.6 Å². The van der Waals surface area contributed by atoms with Gasteiger partial charge in [-0.3, -0.25) is 0 Å². The Kier molecular flexibility index (Phi) is 3.98. The maximum Gasteiger partial charge on any atom is 0.0327 e. The predicted octanol–water partition coefficient (Wildman–Crippen LogP) is 3.17. The minimum absolute atomic E-state index is 0.374. The summed E-state index contributed by atoms with van der Waals surface area (Å²) >= 11 is 5.24. The third-order valence-electron chi connectivity index (χ3n) is 1.63. The number of hydrogen-bond donors (Lipinski definition) is 1. The molecule has 0 fully saturated rings. The first kappa shape index (κ1) is 9.96. The first-order chi connectivity index (χ1) is 5.74. The molecule has 0 aromatic carbocycles. The van der Waals surface area contributed by atoms with Crippen LogP contribution < -0.4 is 5.32 Å². The molecular weight excluding hydrogens is 234 g/mol. The molecule has 0 aliphatic carbocycles. The van der Waals surface area contributed by atoms with Crippen LogP contribution in [0.3, 0.4) is 0 Å². The highest BCUT2D eigenvalue weighted by molar-refractivity contribution is 9.10. The topological polar surface area (TPSA) is 12.0 Å². The molecule has 0 amide bonds. The third kappa shape index (κ3) is 2.73. The molecule has 1 atom stereocenters. The van der Waals surface area contributed by atoms with Crippen LogP contribution >= 0.6 is 27.3 Å². The van der Waals surface area contributed by atoms with Gasteiger partial charge in [0.1, 0.15) is 0 Å². The maximum atomic E-state index is 3.71. The SMILES string of the molecule is C=CC(C)NCc1sccc1Br. The monoisotopic (exact) mass is 245 g/mol. The van der Waals surface area contributed by atoms with Crippen LogP contribution in [0.15, 0.2) is 28.6 Å². The molecule has 1 N–H and O–H groups in total. The van der Waals surface area contributed by atoms with Gasteiger partial charge in [0.15, 0.2) is 0 Å². The molecule has 12 heavy (non-hydrogen) atoms. The van der Waals surface area contributed by atoms with Gasteiger partial charge < -0.3 is 5.32 Å². The molecule has 1 aromatic rings. The lowest BCUT2D eigenvalue weighted by atomic mass is 10.3. The minimum Gasteiger partial charge on any atom is -0.306 e. The summed E-state index contributed by atoms with van der Waals surface area (Å²) in [5.41, 5.74) is 0. The Balaban J connectivity index is 2.43. The molecule has 1 nitrogen and oxygen atoms in total. The molecule has 0 aliphatic heterocycles. The van der Waals surface area contributed by atoms with Gasteiger partial charge in [-0.1, -0.05) is 6.08 Å². The fourth-order valence-corrected chi connectivity index (χ4v) is 2.23. The standard InChI is InChI=1S/C9H12BrNS/c1-3-7(2)11-6-9-8(10)4-5-12-9/h3-5,7,11H,1,6H2,2H3. The molecule has 0 saturated heterocycles. The molecule has 66 valence electrons. The van der Waals surface area contributed by atoms with Crippen LogP contribution in [0.5, 0.6) is 0 Å². The second-order valence-corrected chi connectivity index (χ2v) is 4.45. The summed E-state index contributed by atoms with van der Waals surface area (Å²) in [6, 6.07) is 2.44. The van der Waals surface area contributed by atoms with Crippen LogP contribution in [0.25, 0.3) is 0 Å². The minimum atomic E-state index is 0.374. The van der Waals surface area contributed by atoms with E-state index < -0.39 is 0 Å². The average Bonchev–Trinajstić information content (AvgIpc) is 2.47. The number of thiophene rings is 1. The Hall–Kier alpha value is -0.120. The molecule has 1 rings (SSSR count). The molecule has 3 heteroatoms. The fraction of sp³-hybridized carbons (Fsp3) is 0.333. The molecular formula is C9H12BrNS. The fourth-order valence-electron chi connectivity index (χ4n) is 0.788. The van der Waals surface area contributed by atoms with Gasteiger partial charge in [0.25, 0.3) is 0 Å². The first-order valence-corrected chi connectivity index (χ1v) is 5.49. The van der Waals surface area contributed by atoms with Crippen molar-refractivity contribution in [1.29, 1.82) is 0 Å². The summed E-state index contributed by atoms with van der Waals surface area (Å²) in [7, 11) is 0. The number of rotatable bonds is 4. The lowest BCUT2D eigenvalue weighted by Crippen LogP contribution is -2.22. The molecule has 1 unspecified atom stereocenters. The van der Waals surface area contributed by atoms with Gasteiger partial charge in [0, 0.05) is 21.9 Å². The van der Waals surface area contributed by atoms with E-state index in [1.54, 1.807) is 11.3 Å². The zero-order valence-electron chi connectivity index (χ0n) is 7.01. The second kappa shape index (κ2) is 4.80. The van der Waals surface area contributed by atoms with E-state index in [2.05, 4.69) is 46.2 Å². The Bertz CT molecular complexity index is 257. The van der Waals surface area contributed by atoms with E-state index in [0.717, 1.165) is 6.54 Å². The highest BCUT2D eigenvalue weighted by Gasteiger charge is 2.01. The smallest absolute Gasteiger partial charge is 0.0327 e. The van der Waals surface area contributed by atoms with E-state index in [1.807, 2.05) is 6.08 Å². The highest BCUT2D eigenvalue weighted by Crippen LogP contribution is 2.22. The van der Waals surface area contributed by atoms with Crippen LogP contribution in [0.4, 0.5) is 0 Å². The van der Waals surface area contributed by atoms with E-state index >= 15 is 0 Å². The van der Waals surface area contributed by atoms with Crippen LogP contribution in [0.2, 0.25) is 0 Å². The molecule has 0 aliphatic rings. The number of nitrogens with one attached hydrogen (secondary N) is 1. The summed E-state index contributed by atoms with van der Waals surface area (Å²) in [6.45, 7) is 6.71. The van der Waals surface area contributed by atoms with Crippen molar-refractivity contribution in [3.63, 3.8) is 0 Å². The van der Waals surface area contributed by atoms with E-state index in [-0.39, 0.29) is 0 Å². The third-order valence-corrected chi connectivity index (χ3v) is 3.56. The predicted molar refractivity (Wildman–Crippen MR) is 58.5 cm³/mol. The average molecular weight is 246 g/mol. The Morgan fingerprint density at radius 1 is 1.83 bits per heavy atom. The van der Waals surface area contributed by atoms with Crippen molar-refractivity contribution in [2.75, 3.05) is 0 Å². The van der Waals surface area contributed by atoms with Crippen molar-refractivity contribution in [3.05, 3.63) is 33.5 Å². The van der Waals surface area contributed by atoms with Crippen LogP contribution in [-0.2, 0) is 6.54 Å². The van der Waals surface area contributed by atoms with Gasteiger partial charge in [-0.15, -0.1) is 17.9 Å². The Morgan fingerprint density at radius 2 is 2.58 bits per heavy atom. The zero-order chi connectivity index (χ0) is 8.97. The quantitative estimate of drug-likeness (QED) is 0.804. The van der Waals surface area contributed by atoms with E-state index in [4.69, 9.17) is 0 Å². The number of hydrogen-bond acceptors (Lipinski definition) is 2. The van der Waals surface area contributed by atoms with Crippen LogP contribution in [-0.4, -0.2) is 6.04 Å². The molecule has 1 heterocycles. The molecule has 0 saturated carbocycles. The first-order valence-electron chi connectivity index (χ1n) is 3.82. The number of halogens is 1. The normalized spacial score (nSPS) is 12.8. The van der Waals surface area contributed by atoms with Crippen LogP contribution in [0, 0.1) is 0 Å². The molecule has 0 spiro atoms. The van der Waals surface area contributed by atoms with Gasteiger partial charge in [-0.25, -0.2) is 0 Å². The van der Waals surface area contributed by atoms with Gasteiger partial charge in [-0.05, 0) is 34.3 Å². The van der Waals surface area contributed by atoms with Gasteiger partial charge in [-0.2, -0.15) is 0 Å². The highest BCUT2D eigenvalue weighted by atomic mass is 79.9. The lowest BCUT2D eigenvalue weighted by molar-refractivity contribution is 0.639.